The molecule has 0 spiro atoms. The number of nitrogens with one attached hydrogen (secondary N) is 1. The van der Waals surface area contributed by atoms with Gasteiger partial charge in [0.1, 0.15) is 0 Å². The van der Waals surface area contributed by atoms with Crippen molar-refractivity contribution < 1.29 is 4.74 Å². The van der Waals surface area contributed by atoms with Gasteiger partial charge >= 0.3 is 0 Å². The van der Waals surface area contributed by atoms with E-state index in [1.807, 2.05) is 18.7 Å². The maximum absolute atomic E-state index is 5.52. The molecule has 0 aliphatic carbocycles. The van der Waals surface area contributed by atoms with Gasteiger partial charge in [-0.05, 0) is 37.7 Å². The molecular weight excluding hydrogens is 194 g/mol. The van der Waals surface area contributed by atoms with E-state index in [-0.39, 0.29) is 18.2 Å². The van der Waals surface area contributed by atoms with Crippen LogP contribution in [0.15, 0.2) is 0 Å². The zero-order valence-electron chi connectivity index (χ0n) is 9.34. The van der Waals surface area contributed by atoms with Crippen molar-refractivity contribution in [2.75, 3.05) is 13.7 Å². The number of hydrogen-bond donors (Lipinski definition) is 1. The lowest BCUT2D eigenvalue weighted by Crippen LogP contribution is -2.24. The molecule has 15 heavy (non-hydrogen) atoms. The highest BCUT2D eigenvalue weighted by molar-refractivity contribution is 4.93. The number of nitrogens with zero attached hydrogens (tertiary/aromatic N) is 4. The summed E-state index contributed by atoms with van der Waals surface area (Å²) in [4.78, 5) is 0. The first-order valence-electron chi connectivity index (χ1n) is 5.30. The minimum absolute atomic E-state index is 0.160. The predicted octanol–water partition coefficient (Wildman–Crippen LogP) is 0.303. The normalized spacial score (nSPS) is 28.2. The van der Waals surface area contributed by atoms with Gasteiger partial charge in [0, 0.05) is 6.61 Å². The molecular formula is C9H17N5O. The molecule has 84 valence electrons. The number of aromatic nitrogens is 4. The molecule has 1 aromatic heterocycles. The fourth-order valence-corrected chi connectivity index (χ4v) is 1.89. The van der Waals surface area contributed by atoms with Crippen LogP contribution in [0.1, 0.15) is 38.2 Å². The van der Waals surface area contributed by atoms with Crippen LogP contribution in [0.2, 0.25) is 0 Å². The van der Waals surface area contributed by atoms with E-state index in [2.05, 4.69) is 27.8 Å². The third-order valence-electron chi connectivity index (χ3n) is 2.99. The first-order valence-corrected chi connectivity index (χ1v) is 5.30. The van der Waals surface area contributed by atoms with Gasteiger partial charge in [-0.1, -0.05) is 0 Å². The smallest absolute Gasteiger partial charge is 0.168 e. The SMILES string of the molecule is CNC(C)c1nnnn1C1CCOC1C. The van der Waals surface area contributed by atoms with Crippen LogP contribution < -0.4 is 5.32 Å². The summed E-state index contributed by atoms with van der Waals surface area (Å²) in [6.07, 6.45) is 1.17. The highest BCUT2D eigenvalue weighted by Gasteiger charge is 2.30. The van der Waals surface area contributed by atoms with E-state index >= 15 is 0 Å². The standard InChI is InChI=1S/C9H17N5O/c1-6(10-3)9-11-12-13-14(9)8-4-5-15-7(8)2/h6-8,10H,4-5H2,1-3H3. The summed E-state index contributed by atoms with van der Waals surface area (Å²) in [5.74, 6) is 0.875. The summed E-state index contributed by atoms with van der Waals surface area (Å²) in [5, 5.41) is 15.0. The van der Waals surface area contributed by atoms with Crippen molar-refractivity contribution in [2.45, 2.75) is 38.5 Å². The maximum Gasteiger partial charge on any atom is 0.168 e. The predicted molar refractivity (Wildman–Crippen MR) is 54.4 cm³/mol. The Labute approximate surface area is 89.0 Å². The van der Waals surface area contributed by atoms with Crippen LogP contribution in [0.3, 0.4) is 0 Å². The van der Waals surface area contributed by atoms with Crippen LogP contribution in [-0.2, 0) is 4.74 Å². The van der Waals surface area contributed by atoms with Crippen molar-refractivity contribution in [1.82, 2.24) is 25.5 Å². The summed E-state index contributed by atoms with van der Waals surface area (Å²) in [5.41, 5.74) is 0. The molecule has 0 saturated carbocycles. The second-order valence-corrected chi connectivity index (χ2v) is 3.92. The molecule has 1 saturated heterocycles. The van der Waals surface area contributed by atoms with Gasteiger partial charge in [-0.15, -0.1) is 5.10 Å². The Morgan fingerprint density at radius 3 is 3.00 bits per heavy atom. The second-order valence-electron chi connectivity index (χ2n) is 3.92. The summed E-state index contributed by atoms with van der Waals surface area (Å²) in [6, 6.07) is 0.429. The van der Waals surface area contributed by atoms with Crippen molar-refractivity contribution >= 4 is 0 Å². The van der Waals surface area contributed by atoms with Crippen molar-refractivity contribution in [3.8, 4) is 0 Å². The fraction of sp³-hybridized carbons (Fsp3) is 0.889. The van der Waals surface area contributed by atoms with E-state index in [1.165, 1.54) is 0 Å². The lowest BCUT2D eigenvalue weighted by Gasteiger charge is -2.17. The number of ether oxygens (including phenoxy) is 1. The zero-order valence-corrected chi connectivity index (χ0v) is 9.34. The molecule has 1 aromatic rings. The minimum atomic E-state index is 0.160. The molecule has 1 aliphatic rings. The Bertz CT molecular complexity index is 326. The molecule has 6 nitrogen and oxygen atoms in total. The third kappa shape index (κ3) is 1.87. The van der Waals surface area contributed by atoms with E-state index in [4.69, 9.17) is 4.74 Å². The Morgan fingerprint density at radius 2 is 2.40 bits per heavy atom. The van der Waals surface area contributed by atoms with Gasteiger partial charge < -0.3 is 10.1 Å². The summed E-state index contributed by atoms with van der Waals surface area (Å²) in [6.45, 7) is 4.90. The topological polar surface area (TPSA) is 64.9 Å². The Hall–Kier alpha value is -1.01. The molecule has 3 unspecified atom stereocenters. The monoisotopic (exact) mass is 211 g/mol. The van der Waals surface area contributed by atoms with Crippen LogP contribution >= 0.6 is 0 Å². The maximum atomic E-state index is 5.52. The van der Waals surface area contributed by atoms with Crippen LogP contribution in [-0.4, -0.2) is 40.0 Å². The molecule has 0 amide bonds. The van der Waals surface area contributed by atoms with Gasteiger partial charge in [0.25, 0.3) is 0 Å². The molecule has 0 bridgehead atoms. The van der Waals surface area contributed by atoms with Gasteiger partial charge in [0.15, 0.2) is 5.82 Å². The van der Waals surface area contributed by atoms with Gasteiger partial charge in [-0.3, -0.25) is 0 Å². The Morgan fingerprint density at radius 1 is 1.60 bits per heavy atom. The highest BCUT2D eigenvalue weighted by Crippen LogP contribution is 2.26. The Kier molecular flexibility index (Phi) is 2.97. The molecule has 1 N–H and O–H groups in total. The molecule has 3 atom stereocenters. The first kappa shape index (κ1) is 10.5. The van der Waals surface area contributed by atoms with Crippen LogP contribution in [0, 0.1) is 0 Å². The van der Waals surface area contributed by atoms with Crippen LogP contribution in [0.4, 0.5) is 0 Å². The Balaban J connectivity index is 2.24. The molecule has 1 fully saturated rings. The van der Waals surface area contributed by atoms with Crippen molar-refractivity contribution in [2.24, 2.45) is 0 Å². The number of hydrogen-bond acceptors (Lipinski definition) is 5. The first-order chi connectivity index (χ1) is 7.24. The largest absolute Gasteiger partial charge is 0.376 e. The average molecular weight is 211 g/mol. The van der Waals surface area contributed by atoms with Crippen molar-refractivity contribution in [3.05, 3.63) is 5.82 Å². The molecule has 1 aliphatic heterocycles. The quantitative estimate of drug-likeness (QED) is 0.779. The van der Waals surface area contributed by atoms with Gasteiger partial charge in [0.2, 0.25) is 0 Å². The molecule has 6 heteroatoms. The zero-order chi connectivity index (χ0) is 10.8. The lowest BCUT2D eigenvalue weighted by atomic mass is 10.1. The van der Waals surface area contributed by atoms with Crippen LogP contribution in [0.5, 0.6) is 0 Å². The minimum Gasteiger partial charge on any atom is -0.376 e. The summed E-state index contributed by atoms with van der Waals surface area (Å²) >= 11 is 0. The second kappa shape index (κ2) is 4.24. The molecule has 2 rings (SSSR count). The van der Waals surface area contributed by atoms with E-state index in [1.54, 1.807) is 0 Å². The van der Waals surface area contributed by atoms with Gasteiger partial charge in [-0.2, -0.15) is 0 Å². The summed E-state index contributed by atoms with van der Waals surface area (Å²) < 4.78 is 7.41. The molecule has 0 radical (unpaired) electrons. The van der Waals surface area contributed by atoms with Gasteiger partial charge in [-0.25, -0.2) is 4.68 Å². The van der Waals surface area contributed by atoms with Gasteiger partial charge in [0.05, 0.1) is 18.2 Å². The van der Waals surface area contributed by atoms with Crippen molar-refractivity contribution in [1.29, 1.82) is 0 Å². The van der Waals surface area contributed by atoms with E-state index in [0.717, 1.165) is 18.9 Å². The molecule has 0 aromatic carbocycles. The van der Waals surface area contributed by atoms with E-state index in [0.29, 0.717) is 0 Å². The number of rotatable bonds is 3. The molecule has 2 heterocycles. The average Bonchev–Trinajstić information content (AvgIpc) is 2.84. The third-order valence-corrected chi connectivity index (χ3v) is 2.99. The number of tetrazole rings is 1. The van der Waals surface area contributed by atoms with Crippen molar-refractivity contribution in [3.63, 3.8) is 0 Å². The van der Waals surface area contributed by atoms with E-state index in [9.17, 15) is 0 Å². The highest BCUT2D eigenvalue weighted by atomic mass is 16.5. The lowest BCUT2D eigenvalue weighted by molar-refractivity contribution is 0.103. The van der Waals surface area contributed by atoms with E-state index < -0.39 is 0 Å². The van der Waals surface area contributed by atoms with Crippen LogP contribution in [0.25, 0.3) is 0 Å². The summed E-state index contributed by atoms with van der Waals surface area (Å²) in [7, 11) is 1.90. The fourth-order valence-electron chi connectivity index (χ4n) is 1.89.